The van der Waals surface area contributed by atoms with Gasteiger partial charge in [0.05, 0.1) is 5.56 Å². The van der Waals surface area contributed by atoms with Crippen molar-refractivity contribution in [1.29, 1.82) is 0 Å². The Morgan fingerprint density at radius 2 is 1.94 bits per heavy atom. The van der Waals surface area contributed by atoms with Gasteiger partial charge in [0.2, 0.25) is 0 Å². The van der Waals surface area contributed by atoms with E-state index < -0.39 is 10.8 Å². The first kappa shape index (κ1) is 12.1. The zero-order chi connectivity index (χ0) is 12.3. The van der Waals surface area contributed by atoms with E-state index in [0.29, 0.717) is 17.1 Å². The lowest BCUT2D eigenvalue weighted by atomic mass is 10.1. The second-order valence-electron chi connectivity index (χ2n) is 4.11. The van der Waals surface area contributed by atoms with Crippen LogP contribution in [0.4, 0.5) is 0 Å². The van der Waals surface area contributed by atoms with Crippen molar-refractivity contribution in [2.45, 2.75) is 18.9 Å². The van der Waals surface area contributed by atoms with Crippen LogP contribution in [0.15, 0.2) is 24.3 Å². The number of carbonyl (C=O) groups is 1. The number of nitrogens with one attached hydrogen (secondary N) is 1. The van der Waals surface area contributed by atoms with Crippen molar-refractivity contribution in [3.63, 3.8) is 0 Å². The number of rotatable bonds is 2. The zero-order valence-electron chi connectivity index (χ0n) is 9.39. The summed E-state index contributed by atoms with van der Waals surface area (Å²) in [6, 6.07) is 6.54. The van der Waals surface area contributed by atoms with Crippen LogP contribution in [0.3, 0.4) is 0 Å². The van der Waals surface area contributed by atoms with Crippen LogP contribution in [-0.4, -0.2) is 32.8 Å². The third kappa shape index (κ3) is 3.06. The summed E-state index contributed by atoms with van der Waals surface area (Å²) in [5.41, 5.74) is 0.291. The lowest BCUT2D eigenvalue weighted by molar-refractivity contribution is 0.0932. The fraction of sp³-hybridized carbons (Fsp3) is 0.417. The highest BCUT2D eigenvalue weighted by molar-refractivity contribution is 7.85. The Balaban J connectivity index is 1.98. The summed E-state index contributed by atoms with van der Waals surface area (Å²) >= 11 is 0. The summed E-state index contributed by atoms with van der Waals surface area (Å²) < 4.78 is 11.2. The van der Waals surface area contributed by atoms with Crippen molar-refractivity contribution in [3.05, 3.63) is 29.8 Å². The highest BCUT2D eigenvalue weighted by Crippen LogP contribution is 2.16. The number of amides is 1. The van der Waals surface area contributed by atoms with Gasteiger partial charge in [-0.1, -0.05) is 12.1 Å². The molecule has 1 aliphatic rings. The van der Waals surface area contributed by atoms with Gasteiger partial charge >= 0.3 is 0 Å². The Labute approximate surface area is 102 Å². The molecule has 1 aromatic rings. The summed E-state index contributed by atoms with van der Waals surface area (Å²) in [7, 11) is -0.725. The number of phenols is 1. The van der Waals surface area contributed by atoms with Crippen molar-refractivity contribution < 1.29 is 14.1 Å². The van der Waals surface area contributed by atoms with Crippen LogP contribution in [0.2, 0.25) is 0 Å². The zero-order valence-corrected chi connectivity index (χ0v) is 10.2. The summed E-state index contributed by atoms with van der Waals surface area (Å²) in [5.74, 6) is 1.02. The standard InChI is InChI=1S/C12H15NO3S/c14-11-4-2-1-3-10(11)12(15)13-9-5-7-17(16)8-6-9/h1-4,9,14H,5-8H2,(H,13,15). The lowest BCUT2D eigenvalue weighted by Crippen LogP contribution is -2.39. The van der Waals surface area contributed by atoms with E-state index in [2.05, 4.69) is 5.32 Å². The molecule has 1 amide bonds. The van der Waals surface area contributed by atoms with Gasteiger partial charge in [0, 0.05) is 28.3 Å². The van der Waals surface area contributed by atoms with Gasteiger partial charge in [0.1, 0.15) is 5.75 Å². The summed E-state index contributed by atoms with van der Waals surface area (Å²) in [5, 5.41) is 12.4. The average molecular weight is 253 g/mol. The van der Waals surface area contributed by atoms with Crippen LogP contribution in [0, 0.1) is 0 Å². The minimum absolute atomic E-state index is 0.00983. The molecular weight excluding hydrogens is 238 g/mol. The Morgan fingerprint density at radius 1 is 1.29 bits per heavy atom. The van der Waals surface area contributed by atoms with Gasteiger partial charge in [-0.05, 0) is 25.0 Å². The molecule has 1 fully saturated rings. The molecule has 17 heavy (non-hydrogen) atoms. The molecule has 0 atom stereocenters. The first-order valence-electron chi connectivity index (χ1n) is 5.60. The van der Waals surface area contributed by atoms with Crippen molar-refractivity contribution >= 4 is 16.7 Å². The number of carbonyl (C=O) groups excluding carboxylic acids is 1. The van der Waals surface area contributed by atoms with Gasteiger partial charge < -0.3 is 10.4 Å². The highest BCUT2D eigenvalue weighted by Gasteiger charge is 2.20. The van der Waals surface area contributed by atoms with Crippen LogP contribution < -0.4 is 5.32 Å². The normalized spacial score (nSPS) is 24.2. The maximum Gasteiger partial charge on any atom is 0.255 e. The molecule has 0 bridgehead atoms. The van der Waals surface area contributed by atoms with E-state index in [-0.39, 0.29) is 17.7 Å². The van der Waals surface area contributed by atoms with Crippen LogP contribution in [0.25, 0.3) is 0 Å². The molecule has 1 saturated heterocycles. The van der Waals surface area contributed by atoms with Crippen molar-refractivity contribution in [2.75, 3.05) is 11.5 Å². The molecule has 0 aromatic heterocycles. The molecule has 0 radical (unpaired) electrons. The number of benzene rings is 1. The van der Waals surface area contributed by atoms with Gasteiger partial charge in [-0.3, -0.25) is 9.00 Å². The monoisotopic (exact) mass is 253 g/mol. The minimum Gasteiger partial charge on any atom is -0.507 e. The summed E-state index contributed by atoms with van der Waals surface area (Å²) in [4.78, 5) is 11.9. The summed E-state index contributed by atoms with van der Waals surface area (Å²) in [6.45, 7) is 0. The molecule has 4 nitrogen and oxygen atoms in total. The fourth-order valence-electron chi connectivity index (χ4n) is 1.87. The lowest BCUT2D eigenvalue weighted by Gasteiger charge is -2.22. The predicted molar refractivity (Wildman–Crippen MR) is 66.5 cm³/mol. The van der Waals surface area contributed by atoms with Crippen LogP contribution in [0.5, 0.6) is 5.75 Å². The Kier molecular flexibility index (Phi) is 3.78. The number of hydrogen-bond donors (Lipinski definition) is 2. The van der Waals surface area contributed by atoms with E-state index in [4.69, 9.17) is 0 Å². The molecule has 0 aliphatic carbocycles. The molecule has 0 saturated carbocycles. The topological polar surface area (TPSA) is 66.4 Å². The van der Waals surface area contributed by atoms with Crippen LogP contribution in [-0.2, 0) is 10.8 Å². The van der Waals surface area contributed by atoms with Gasteiger partial charge in [0.15, 0.2) is 0 Å². The van der Waals surface area contributed by atoms with Crippen LogP contribution in [0.1, 0.15) is 23.2 Å². The number of hydrogen-bond acceptors (Lipinski definition) is 3. The molecule has 2 N–H and O–H groups in total. The van der Waals surface area contributed by atoms with Crippen molar-refractivity contribution in [2.24, 2.45) is 0 Å². The minimum atomic E-state index is -0.725. The van der Waals surface area contributed by atoms with Gasteiger partial charge in [-0.2, -0.15) is 0 Å². The predicted octanol–water partition coefficient (Wildman–Crippen LogP) is 1.03. The SMILES string of the molecule is O=C(NC1CCS(=O)CC1)c1ccccc1O. The number of phenolic OH excluding ortho intramolecular Hbond substituents is 1. The van der Waals surface area contributed by atoms with E-state index >= 15 is 0 Å². The van der Waals surface area contributed by atoms with E-state index in [0.717, 1.165) is 12.8 Å². The molecule has 0 spiro atoms. The van der Waals surface area contributed by atoms with E-state index in [1.807, 2.05) is 0 Å². The largest absolute Gasteiger partial charge is 0.507 e. The molecule has 5 heteroatoms. The van der Waals surface area contributed by atoms with Gasteiger partial charge in [-0.25, -0.2) is 0 Å². The van der Waals surface area contributed by atoms with Crippen LogP contribution >= 0.6 is 0 Å². The molecule has 1 heterocycles. The first-order chi connectivity index (χ1) is 8.16. The van der Waals surface area contributed by atoms with Gasteiger partial charge in [-0.15, -0.1) is 0 Å². The summed E-state index contributed by atoms with van der Waals surface area (Å²) in [6.07, 6.45) is 1.48. The first-order valence-corrected chi connectivity index (χ1v) is 7.09. The molecular formula is C12H15NO3S. The molecule has 1 aromatic carbocycles. The van der Waals surface area contributed by atoms with E-state index in [1.54, 1.807) is 18.2 Å². The molecule has 1 aliphatic heterocycles. The van der Waals surface area contributed by atoms with Crippen molar-refractivity contribution in [3.8, 4) is 5.75 Å². The Bertz CT molecular complexity index is 437. The number of para-hydroxylation sites is 1. The van der Waals surface area contributed by atoms with Gasteiger partial charge in [0.25, 0.3) is 5.91 Å². The Morgan fingerprint density at radius 3 is 2.59 bits per heavy atom. The highest BCUT2D eigenvalue weighted by atomic mass is 32.2. The maximum absolute atomic E-state index is 11.9. The third-order valence-corrected chi connectivity index (χ3v) is 4.25. The molecule has 2 rings (SSSR count). The Hall–Kier alpha value is -1.36. The second-order valence-corrected chi connectivity index (χ2v) is 5.81. The van der Waals surface area contributed by atoms with E-state index in [1.165, 1.54) is 6.07 Å². The van der Waals surface area contributed by atoms with E-state index in [9.17, 15) is 14.1 Å². The quantitative estimate of drug-likeness (QED) is 0.827. The maximum atomic E-state index is 11.9. The molecule has 0 unspecified atom stereocenters. The fourth-order valence-corrected chi connectivity index (χ4v) is 3.17. The smallest absolute Gasteiger partial charge is 0.255 e. The second kappa shape index (κ2) is 5.31. The molecule has 92 valence electrons. The third-order valence-electron chi connectivity index (χ3n) is 2.87. The van der Waals surface area contributed by atoms with Crippen molar-refractivity contribution in [1.82, 2.24) is 5.32 Å². The number of aromatic hydroxyl groups is 1. The average Bonchev–Trinajstić information content (AvgIpc) is 2.32.